The lowest BCUT2D eigenvalue weighted by Gasteiger charge is -2.19. The Morgan fingerprint density at radius 3 is 2.85 bits per heavy atom. The molecule has 1 heterocycles. The van der Waals surface area contributed by atoms with Crippen LogP contribution in [0, 0.1) is 5.82 Å². The molecule has 2 aromatic rings. The van der Waals surface area contributed by atoms with Crippen molar-refractivity contribution in [1.29, 1.82) is 0 Å². The topological polar surface area (TPSA) is 12.0 Å². The van der Waals surface area contributed by atoms with E-state index in [-0.39, 0.29) is 11.9 Å². The highest BCUT2D eigenvalue weighted by molar-refractivity contribution is 7.09. The summed E-state index contributed by atoms with van der Waals surface area (Å²) >= 11 is 7.57. The summed E-state index contributed by atoms with van der Waals surface area (Å²) in [5.41, 5.74) is 0.708. The van der Waals surface area contributed by atoms with Crippen molar-refractivity contribution in [2.45, 2.75) is 32.2 Å². The van der Waals surface area contributed by atoms with Crippen LogP contribution < -0.4 is 5.32 Å². The van der Waals surface area contributed by atoms with Crippen molar-refractivity contribution in [3.05, 3.63) is 57.0 Å². The number of benzene rings is 1. The lowest BCUT2D eigenvalue weighted by atomic mass is 10.0. The summed E-state index contributed by atoms with van der Waals surface area (Å²) in [6, 6.07) is 9.15. The maximum atomic E-state index is 14.1. The minimum atomic E-state index is -0.225. The first kappa shape index (κ1) is 15.5. The van der Waals surface area contributed by atoms with Crippen LogP contribution in [-0.2, 0) is 6.42 Å². The van der Waals surface area contributed by atoms with Gasteiger partial charge in [0.25, 0.3) is 0 Å². The molecule has 0 aliphatic rings. The van der Waals surface area contributed by atoms with Gasteiger partial charge in [0.05, 0.1) is 0 Å². The molecule has 1 nitrogen and oxygen atoms in total. The van der Waals surface area contributed by atoms with Crippen LogP contribution >= 0.6 is 22.9 Å². The highest BCUT2D eigenvalue weighted by Crippen LogP contribution is 2.25. The van der Waals surface area contributed by atoms with Crippen LogP contribution in [0.5, 0.6) is 0 Å². The first-order valence-electron chi connectivity index (χ1n) is 6.91. The summed E-state index contributed by atoms with van der Waals surface area (Å²) in [5.74, 6) is -0.225. The van der Waals surface area contributed by atoms with Gasteiger partial charge in [-0.2, -0.15) is 0 Å². The number of hydrogen-bond donors (Lipinski definition) is 1. The van der Waals surface area contributed by atoms with Crippen LogP contribution in [-0.4, -0.2) is 6.54 Å². The molecule has 0 aliphatic heterocycles. The summed E-state index contributed by atoms with van der Waals surface area (Å²) in [6.07, 6.45) is 2.88. The highest BCUT2D eigenvalue weighted by Gasteiger charge is 2.15. The largest absolute Gasteiger partial charge is 0.310 e. The van der Waals surface area contributed by atoms with Crippen LogP contribution in [0.25, 0.3) is 0 Å². The third-order valence-corrected chi connectivity index (χ3v) is 4.41. The minimum Gasteiger partial charge on any atom is -0.310 e. The van der Waals surface area contributed by atoms with Crippen LogP contribution in [0.2, 0.25) is 5.02 Å². The standard InChI is InChI=1S/C16H19ClFNS/c1-2-9-19-16(8-6-13-4-3-10-20-13)14-7-5-12(17)11-15(14)18/h3-5,7,10-11,16,19H,2,6,8-9H2,1H3. The average molecular weight is 312 g/mol. The Hall–Kier alpha value is -0.900. The van der Waals surface area contributed by atoms with Crippen molar-refractivity contribution in [3.8, 4) is 0 Å². The van der Waals surface area contributed by atoms with Crippen molar-refractivity contribution >= 4 is 22.9 Å². The van der Waals surface area contributed by atoms with Gasteiger partial charge in [0.2, 0.25) is 0 Å². The number of aryl methyl sites for hydroxylation is 1. The fourth-order valence-corrected chi connectivity index (χ4v) is 3.10. The van der Waals surface area contributed by atoms with Crippen LogP contribution in [0.1, 0.15) is 36.2 Å². The van der Waals surface area contributed by atoms with E-state index >= 15 is 0 Å². The second-order valence-electron chi connectivity index (χ2n) is 4.79. The molecule has 1 unspecified atom stereocenters. The molecule has 0 bridgehead atoms. The molecular formula is C16H19ClFNS. The first-order chi connectivity index (χ1) is 9.70. The fraction of sp³-hybridized carbons (Fsp3) is 0.375. The van der Waals surface area contributed by atoms with Gasteiger partial charge in [-0.3, -0.25) is 0 Å². The van der Waals surface area contributed by atoms with Gasteiger partial charge >= 0.3 is 0 Å². The second-order valence-corrected chi connectivity index (χ2v) is 6.26. The molecule has 1 aromatic carbocycles. The Kier molecular flexibility index (Phi) is 6.02. The number of rotatable bonds is 7. The number of halogens is 2. The minimum absolute atomic E-state index is 0.0364. The Morgan fingerprint density at radius 1 is 1.35 bits per heavy atom. The molecular weight excluding hydrogens is 293 g/mol. The lowest BCUT2D eigenvalue weighted by molar-refractivity contribution is 0.475. The maximum absolute atomic E-state index is 14.1. The lowest BCUT2D eigenvalue weighted by Crippen LogP contribution is -2.23. The normalized spacial score (nSPS) is 12.6. The van der Waals surface area contributed by atoms with E-state index < -0.39 is 0 Å². The number of nitrogens with one attached hydrogen (secondary N) is 1. The fourth-order valence-electron chi connectivity index (χ4n) is 2.21. The van der Waals surface area contributed by atoms with Gasteiger partial charge in [0, 0.05) is 21.5 Å². The predicted octanol–water partition coefficient (Wildman–Crippen LogP) is 5.21. The molecule has 0 spiro atoms. The molecule has 0 saturated carbocycles. The first-order valence-corrected chi connectivity index (χ1v) is 8.17. The van der Waals surface area contributed by atoms with Gasteiger partial charge in [0.1, 0.15) is 5.82 Å². The van der Waals surface area contributed by atoms with Crippen molar-refractivity contribution in [1.82, 2.24) is 5.32 Å². The van der Waals surface area contributed by atoms with E-state index in [1.54, 1.807) is 23.5 Å². The highest BCUT2D eigenvalue weighted by atomic mass is 35.5. The van der Waals surface area contributed by atoms with Crippen molar-refractivity contribution in [2.24, 2.45) is 0 Å². The van der Waals surface area contributed by atoms with E-state index in [9.17, 15) is 4.39 Å². The summed E-state index contributed by atoms with van der Waals surface area (Å²) in [5, 5.41) is 5.95. The summed E-state index contributed by atoms with van der Waals surface area (Å²) in [6.45, 7) is 3.00. The third-order valence-electron chi connectivity index (χ3n) is 3.24. The van der Waals surface area contributed by atoms with E-state index in [1.807, 2.05) is 0 Å². The summed E-state index contributed by atoms with van der Waals surface area (Å²) in [4.78, 5) is 1.34. The predicted molar refractivity (Wildman–Crippen MR) is 85.1 cm³/mol. The molecule has 20 heavy (non-hydrogen) atoms. The number of thiophene rings is 1. The van der Waals surface area contributed by atoms with Crippen molar-refractivity contribution in [3.63, 3.8) is 0 Å². The SMILES string of the molecule is CCCNC(CCc1cccs1)c1ccc(Cl)cc1F. The van der Waals surface area contributed by atoms with Gasteiger partial charge in [-0.15, -0.1) is 11.3 Å². The van der Waals surface area contributed by atoms with E-state index in [1.165, 1.54) is 10.9 Å². The van der Waals surface area contributed by atoms with Crippen molar-refractivity contribution in [2.75, 3.05) is 6.54 Å². The van der Waals surface area contributed by atoms with Gasteiger partial charge in [-0.25, -0.2) is 4.39 Å². The third kappa shape index (κ3) is 4.30. The Balaban J connectivity index is 2.09. The number of hydrogen-bond acceptors (Lipinski definition) is 2. The van der Waals surface area contributed by atoms with Crippen molar-refractivity contribution < 1.29 is 4.39 Å². The van der Waals surface area contributed by atoms with Crippen LogP contribution in [0.4, 0.5) is 4.39 Å². The Morgan fingerprint density at radius 2 is 2.20 bits per heavy atom. The molecule has 1 N–H and O–H groups in total. The van der Waals surface area contributed by atoms with Gasteiger partial charge in [0.15, 0.2) is 0 Å². The van der Waals surface area contributed by atoms with Gasteiger partial charge < -0.3 is 5.32 Å². The summed E-state index contributed by atoms with van der Waals surface area (Å²) < 4.78 is 14.1. The maximum Gasteiger partial charge on any atom is 0.129 e. The Labute approximate surface area is 128 Å². The van der Waals surface area contributed by atoms with Crippen LogP contribution in [0.15, 0.2) is 35.7 Å². The summed E-state index contributed by atoms with van der Waals surface area (Å²) in [7, 11) is 0. The molecule has 1 aromatic heterocycles. The van der Waals surface area contributed by atoms with Gasteiger partial charge in [-0.05, 0) is 49.4 Å². The van der Waals surface area contributed by atoms with E-state index in [0.29, 0.717) is 10.6 Å². The van der Waals surface area contributed by atoms with Gasteiger partial charge in [-0.1, -0.05) is 30.7 Å². The molecule has 0 radical (unpaired) electrons. The molecule has 0 saturated heterocycles. The quantitative estimate of drug-likeness (QED) is 0.739. The molecule has 0 aliphatic carbocycles. The Bertz CT molecular complexity index is 527. The van der Waals surface area contributed by atoms with E-state index in [0.717, 1.165) is 25.8 Å². The van der Waals surface area contributed by atoms with Crippen LogP contribution in [0.3, 0.4) is 0 Å². The molecule has 0 fully saturated rings. The molecule has 2 rings (SSSR count). The average Bonchev–Trinajstić information content (AvgIpc) is 2.93. The molecule has 108 valence electrons. The smallest absolute Gasteiger partial charge is 0.129 e. The second kappa shape index (κ2) is 7.77. The zero-order valence-corrected chi connectivity index (χ0v) is 13.1. The van der Waals surface area contributed by atoms with E-state index in [4.69, 9.17) is 11.6 Å². The zero-order valence-electron chi connectivity index (χ0n) is 11.5. The molecule has 1 atom stereocenters. The van der Waals surface area contributed by atoms with E-state index in [2.05, 4.69) is 29.8 Å². The zero-order chi connectivity index (χ0) is 14.4. The molecule has 0 amide bonds. The monoisotopic (exact) mass is 311 g/mol. The molecule has 4 heteroatoms.